The van der Waals surface area contributed by atoms with E-state index in [0.29, 0.717) is 5.56 Å². The molecule has 0 saturated carbocycles. The lowest BCUT2D eigenvalue weighted by Crippen LogP contribution is -2.31. The van der Waals surface area contributed by atoms with E-state index in [1.165, 1.54) is 12.1 Å². The van der Waals surface area contributed by atoms with Crippen molar-refractivity contribution in [3.63, 3.8) is 0 Å². The van der Waals surface area contributed by atoms with Gasteiger partial charge in [0.2, 0.25) is 10.0 Å². The summed E-state index contributed by atoms with van der Waals surface area (Å²) < 4.78 is 118. The van der Waals surface area contributed by atoms with Crippen molar-refractivity contribution in [2.75, 3.05) is 6.54 Å². The van der Waals surface area contributed by atoms with Crippen molar-refractivity contribution in [3.05, 3.63) is 82.2 Å². The van der Waals surface area contributed by atoms with Gasteiger partial charge in [-0.15, -0.1) is 0 Å². The molecule has 0 unspecified atom stereocenters. The molecule has 3 aromatic rings. The predicted octanol–water partition coefficient (Wildman–Crippen LogP) is 4.07. The molecule has 0 aliphatic rings. The summed E-state index contributed by atoms with van der Waals surface area (Å²) in [4.78, 5) is 15.0. The Morgan fingerprint density at radius 3 is 1.94 bits per heavy atom. The Morgan fingerprint density at radius 2 is 1.44 bits per heavy atom. The maximum atomic E-state index is 13.0. The monoisotopic (exact) mass is 509 g/mol. The van der Waals surface area contributed by atoms with Gasteiger partial charge in [-0.2, -0.15) is 26.3 Å². The van der Waals surface area contributed by atoms with Crippen LogP contribution in [0.15, 0.2) is 64.5 Å². The summed E-state index contributed by atoms with van der Waals surface area (Å²) in [6, 6.07) is 6.19. The minimum atomic E-state index is -5.21. The van der Waals surface area contributed by atoms with Crippen molar-refractivity contribution >= 4 is 10.0 Å². The smallest absolute Gasteiger partial charge is 0.298 e. The van der Waals surface area contributed by atoms with Gasteiger partial charge in [0.25, 0.3) is 5.56 Å². The first kappa shape index (κ1) is 25.4. The molecule has 182 valence electrons. The van der Waals surface area contributed by atoms with Crippen LogP contribution in [-0.2, 0) is 28.9 Å². The van der Waals surface area contributed by atoms with Crippen LogP contribution in [0.2, 0.25) is 0 Å². The number of halogens is 7. The van der Waals surface area contributed by atoms with Crippen LogP contribution in [0, 0.1) is 5.82 Å². The number of hydrogen-bond acceptors (Lipinski definition) is 4. The maximum Gasteiger partial charge on any atom is 0.416 e. The second-order valence-corrected chi connectivity index (χ2v) is 8.72. The zero-order valence-electron chi connectivity index (χ0n) is 16.8. The quantitative estimate of drug-likeness (QED) is 0.509. The zero-order valence-corrected chi connectivity index (χ0v) is 17.6. The van der Waals surface area contributed by atoms with E-state index in [4.69, 9.17) is 0 Å². The number of alkyl halides is 6. The van der Waals surface area contributed by atoms with E-state index < -0.39 is 56.3 Å². The van der Waals surface area contributed by atoms with Gasteiger partial charge in [-0.05, 0) is 42.5 Å². The van der Waals surface area contributed by atoms with E-state index in [-0.39, 0.29) is 30.4 Å². The highest BCUT2D eigenvalue weighted by Crippen LogP contribution is 2.37. The third kappa shape index (κ3) is 5.99. The molecular weight excluding hydrogens is 495 g/mol. The molecule has 0 fully saturated rings. The van der Waals surface area contributed by atoms with E-state index in [9.17, 15) is 43.9 Å². The lowest BCUT2D eigenvalue weighted by atomic mass is 10.1. The summed E-state index contributed by atoms with van der Waals surface area (Å²) in [5.41, 5.74) is -3.52. The highest BCUT2D eigenvalue weighted by molar-refractivity contribution is 7.89. The topological polar surface area (TPSA) is 81.1 Å². The number of sulfonamides is 1. The van der Waals surface area contributed by atoms with Crippen molar-refractivity contribution in [1.82, 2.24) is 14.3 Å². The molecule has 34 heavy (non-hydrogen) atoms. The van der Waals surface area contributed by atoms with Crippen LogP contribution in [-0.4, -0.2) is 24.5 Å². The fraction of sp³-hybridized carbons (Fsp3) is 0.200. The Balaban J connectivity index is 1.78. The molecule has 14 heteroatoms. The minimum Gasteiger partial charge on any atom is -0.298 e. The summed E-state index contributed by atoms with van der Waals surface area (Å²) in [6.07, 6.45) is -9.35. The van der Waals surface area contributed by atoms with Gasteiger partial charge in [0, 0.05) is 24.7 Å². The summed E-state index contributed by atoms with van der Waals surface area (Å²) >= 11 is 0. The van der Waals surface area contributed by atoms with Gasteiger partial charge in [0.1, 0.15) is 5.82 Å². The summed E-state index contributed by atoms with van der Waals surface area (Å²) in [5, 5.41) is 0. The van der Waals surface area contributed by atoms with Crippen LogP contribution >= 0.6 is 0 Å². The van der Waals surface area contributed by atoms with Crippen LogP contribution in [0.3, 0.4) is 0 Å². The van der Waals surface area contributed by atoms with Gasteiger partial charge in [0.15, 0.2) is 0 Å². The molecule has 1 N–H and O–H groups in total. The van der Waals surface area contributed by atoms with Crippen molar-refractivity contribution in [2.45, 2.75) is 23.8 Å². The van der Waals surface area contributed by atoms with Crippen LogP contribution < -0.4 is 10.3 Å². The molecule has 1 heterocycles. The van der Waals surface area contributed by atoms with Gasteiger partial charge in [-0.25, -0.2) is 22.5 Å². The first-order valence-corrected chi connectivity index (χ1v) is 10.8. The van der Waals surface area contributed by atoms with Gasteiger partial charge in [0.05, 0.1) is 28.0 Å². The molecule has 0 saturated heterocycles. The number of nitrogens with zero attached hydrogens (tertiary/aromatic N) is 2. The van der Waals surface area contributed by atoms with Gasteiger partial charge < -0.3 is 0 Å². The van der Waals surface area contributed by atoms with Crippen molar-refractivity contribution in [1.29, 1.82) is 0 Å². The van der Waals surface area contributed by atoms with Crippen LogP contribution in [0.5, 0.6) is 0 Å². The minimum absolute atomic E-state index is 0.0861. The largest absolute Gasteiger partial charge is 0.416 e. The highest BCUT2D eigenvalue weighted by atomic mass is 32.2. The standard InChI is InChI=1S/C20H14F7N3O3S/c21-15-3-1-12(2-4-15)17-10-18(31)30(11-28-17)6-5-29-34(32,33)16-8-13(19(22,23)24)7-14(9-16)20(25,26)27/h1-4,7-11,29H,5-6H2. The zero-order chi connectivity index (χ0) is 25.3. The highest BCUT2D eigenvalue weighted by Gasteiger charge is 2.38. The molecule has 1 aromatic heterocycles. The molecule has 2 aromatic carbocycles. The van der Waals surface area contributed by atoms with Gasteiger partial charge >= 0.3 is 12.4 Å². The van der Waals surface area contributed by atoms with Gasteiger partial charge in [-0.3, -0.25) is 9.36 Å². The average Bonchev–Trinajstić information content (AvgIpc) is 2.74. The van der Waals surface area contributed by atoms with Crippen molar-refractivity contribution in [2.24, 2.45) is 0 Å². The third-order valence-electron chi connectivity index (χ3n) is 4.54. The summed E-state index contributed by atoms with van der Waals surface area (Å²) in [7, 11) is -4.79. The Labute approximate surface area is 187 Å². The number of aromatic nitrogens is 2. The maximum absolute atomic E-state index is 13.0. The molecule has 0 bridgehead atoms. The Bertz CT molecular complexity index is 1320. The summed E-state index contributed by atoms with van der Waals surface area (Å²) in [6.45, 7) is -0.850. The molecule has 0 amide bonds. The Morgan fingerprint density at radius 1 is 0.882 bits per heavy atom. The van der Waals surface area contributed by atoms with E-state index in [1.807, 2.05) is 4.72 Å². The number of nitrogens with one attached hydrogen (secondary N) is 1. The number of hydrogen-bond donors (Lipinski definition) is 1. The van der Waals surface area contributed by atoms with E-state index in [2.05, 4.69) is 4.98 Å². The van der Waals surface area contributed by atoms with E-state index in [1.54, 1.807) is 0 Å². The lowest BCUT2D eigenvalue weighted by molar-refractivity contribution is -0.143. The fourth-order valence-corrected chi connectivity index (χ4v) is 3.93. The second kappa shape index (κ2) is 9.18. The average molecular weight is 509 g/mol. The molecule has 0 aliphatic heterocycles. The van der Waals surface area contributed by atoms with Crippen LogP contribution in [0.1, 0.15) is 11.1 Å². The van der Waals surface area contributed by atoms with E-state index >= 15 is 0 Å². The van der Waals surface area contributed by atoms with Crippen LogP contribution in [0.4, 0.5) is 30.7 Å². The third-order valence-corrected chi connectivity index (χ3v) is 5.98. The molecule has 3 rings (SSSR count). The number of benzene rings is 2. The SMILES string of the molecule is O=c1cc(-c2ccc(F)cc2)ncn1CCNS(=O)(=O)c1cc(C(F)(F)F)cc(C(F)(F)F)c1. The Hall–Kier alpha value is -3.26. The van der Waals surface area contributed by atoms with E-state index in [0.717, 1.165) is 29.1 Å². The normalized spacial score (nSPS) is 12.7. The molecule has 0 aliphatic carbocycles. The van der Waals surface area contributed by atoms with Crippen LogP contribution in [0.25, 0.3) is 11.3 Å². The molecule has 0 radical (unpaired) electrons. The molecule has 6 nitrogen and oxygen atoms in total. The van der Waals surface area contributed by atoms with Crippen molar-refractivity contribution < 1.29 is 39.2 Å². The fourth-order valence-electron chi connectivity index (χ4n) is 2.84. The molecule has 0 atom stereocenters. The Kier molecular flexibility index (Phi) is 6.85. The first-order chi connectivity index (χ1) is 15.7. The molecule has 0 spiro atoms. The number of rotatable bonds is 6. The van der Waals surface area contributed by atoms with Gasteiger partial charge in [-0.1, -0.05) is 0 Å². The lowest BCUT2D eigenvalue weighted by Gasteiger charge is -2.15. The second-order valence-electron chi connectivity index (χ2n) is 6.95. The molecular formula is C20H14F7N3O3S. The predicted molar refractivity (Wildman–Crippen MR) is 106 cm³/mol. The van der Waals surface area contributed by atoms with Crippen molar-refractivity contribution in [3.8, 4) is 11.3 Å². The summed E-state index contributed by atoms with van der Waals surface area (Å²) in [5.74, 6) is -0.493. The first-order valence-electron chi connectivity index (χ1n) is 9.28.